The lowest BCUT2D eigenvalue weighted by Gasteiger charge is -2.28. The first-order valence-electron chi connectivity index (χ1n) is 5.87. The van der Waals surface area contributed by atoms with E-state index in [0.29, 0.717) is 13.0 Å². The number of likely N-dealkylation sites (N-methyl/N-ethyl adjacent to an activating group) is 1. The van der Waals surface area contributed by atoms with E-state index in [4.69, 9.17) is 5.73 Å². The van der Waals surface area contributed by atoms with Gasteiger partial charge in [-0.25, -0.2) is 0 Å². The normalized spacial score (nSPS) is 21.1. The van der Waals surface area contributed by atoms with Gasteiger partial charge in [-0.05, 0) is 19.3 Å². The number of rotatable bonds is 4. The number of amides is 2. The van der Waals surface area contributed by atoms with E-state index in [1.54, 1.807) is 25.1 Å². The molecule has 2 N–H and O–H groups in total. The molecule has 0 aliphatic carbocycles. The minimum Gasteiger partial charge on any atom is -0.347 e. The number of likely N-dealkylation sites (tertiary alicyclic amines) is 1. The number of hydrogen-bond acceptors (Lipinski definition) is 3. The predicted octanol–water partition coefficient (Wildman–Crippen LogP) is -0.0310. The van der Waals surface area contributed by atoms with Crippen LogP contribution in [0.5, 0.6) is 0 Å². The summed E-state index contributed by atoms with van der Waals surface area (Å²) in [5, 5.41) is 0. The van der Waals surface area contributed by atoms with Gasteiger partial charge in [0.05, 0.1) is 6.04 Å². The topological polar surface area (TPSA) is 66.6 Å². The van der Waals surface area contributed by atoms with Crippen LogP contribution in [-0.2, 0) is 9.59 Å². The minimum atomic E-state index is -0.580. The van der Waals surface area contributed by atoms with Crippen molar-refractivity contribution in [1.82, 2.24) is 9.80 Å². The van der Waals surface area contributed by atoms with Gasteiger partial charge < -0.3 is 15.5 Å². The van der Waals surface area contributed by atoms with Crippen molar-refractivity contribution in [3.63, 3.8) is 0 Å². The van der Waals surface area contributed by atoms with Crippen molar-refractivity contribution >= 4 is 11.8 Å². The van der Waals surface area contributed by atoms with E-state index in [0.717, 1.165) is 12.8 Å². The summed E-state index contributed by atoms with van der Waals surface area (Å²) in [4.78, 5) is 27.1. The van der Waals surface area contributed by atoms with Gasteiger partial charge in [0.25, 0.3) is 0 Å². The van der Waals surface area contributed by atoms with Gasteiger partial charge in [0.2, 0.25) is 11.8 Å². The molecule has 0 spiro atoms. The maximum atomic E-state index is 12.1. The Hall–Kier alpha value is -1.36. The van der Waals surface area contributed by atoms with E-state index in [2.05, 4.69) is 6.58 Å². The maximum absolute atomic E-state index is 12.1. The van der Waals surface area contributed by atoms with Crippen LogP contribution < -0.4 is 5.73 Å². The zero-order valence-corrected chi connectivity index (χ0v) is 10.6. The number of nitrogens with zero attached hydrogens (tertiary/aromatic N) is 2. The summed E-state index contributed by atoms with van der Waals surface area (Å²) < 4.78 is 0. The van der Waals surface area contributed by atoms with Crippen molar-refractivity contribution in [2.45, 2.75) is 31.3 Å². The number of nitrogens with two attached hydrogens (primary N) is 1. The molecule has 5 heteroatoms. The van der Waals surface area contributed by atoms with Gasteiger partial charge in [0.1, 0.15) is 6.04 Å². The van der Waals surface area contributed by atoms with Crippen molar-refractivity contribution in [3.05, 3.63) is 12.7 Å². The quantitative estimate of drug-likeness (QED) is 0.701. The molecule has 0 saturated carbocycles. The average Bonchev–Trinajstić information content (AvgIpc) is 2.75. The van der Waals surface area contributed by atoms with Crippen molar-refractivity contribution < 1.29 is 9.59 Å². The highest BCUT2D eigenvalue weighted by molar-refractivity contribution is 5.90. The molecule has 1 aliphatic rings. The molecule has 0 aromatic heterocycles. The molecule has 0 bridgehead atoms. The first kappa shape index (κ1) is 13.7. The Balaban J connectivity index is 2.72. The SMILES string of the molecule is C=CCC(N)C(=O)N1CCCC1C(=O)N(C)C. The van der Waals surface area contributed by atoms with E-state index < -0.39 is 6.04 Å². The van der Waals surface area contributed by atoms with Crippen LogP contribution in [0.3, 0.4) is 0 Å². The van der Waals surface area contributed by atoms with E-state index in [9.17, 15) is 9.59 Å². The molecule has 96 valence electrons. The first-order chi connectivity index (χ1) is 7.99. The van der Waals surface area contributed by atoms with Gasteiger partial charge >= 0.3 is 0 Å². The van der Waals surface area contributed by atoms with Gasteiger partial charge in [-0.3, -0.25) is 9.59 Å². The zero-order chi connectivity index (χ0) is 13.0. The molecule has 1 saturated heterocycles. The summed E-state index contributed by atoms with van der Waals surface area (Å²) in [7, 11) is 3.40. The fourth-order valence-corrected chi connectivity index (χ4v) is 2.08. The van der Waals surface area contributed by atoms with Gasteiger partial charge in [-0.1, -0.05) is 6.08 Å². The fraction of sp³-hybridized carbons (Fsp3) is 0.667. The third kappa shape index (κ3) is 3.06. The Kier molecular flexibility index (Phi) is 4.69. The summed E-state index contributed by atoms with van der Waals surface area (Å²) >= 11 is 0. The Morgan fingerprint density at radius 1 is 1.59 bits per heavy atom. The Bertz CT molecular complexity index is 315. The predicted molar refractivity (Wildman–Crippen MR) is 66.2 cm³/mol. The summed E-state index contributed by atoms with van der Waals surface area (Å²) in [6, 6.07) is -0.920. The van der Waals surface area contributed by atoms with Crippen LogP contribution in [0.25, 0.3) is 0 Å². The van der Waals surface area contributed by atoms with Crippen LogP contribution in [0.1, 0.15) is 19.3 Å². The van der Waals surface area contributed by atoms with Crippen LogP contribution >= 0.6 is 0 Å². The van der Waals surface area contributed by atoms with Crippen LogP contribution in [0.4, 0.5) is 0 Å². The molecule has 2 atom stereocenters. The smallest absolute Gasteiger partial charge is 0.244 e. The fourth-order valence-electron chi connectivity index (χ4n) is 2.08. The molecule has 1 rings (SSSR count). The molecule has 0 aromatic rings. The average molecular weight is 239 g/mol. The highest BCUT2D eigenvalue weighted by Gasteiger charge is 2.36. The molecule has 1 heterocycles. The van der Waals surface area contributed by atoms with Crippen molar-refractivity contribution in [3.8, 4) is 0 Å². The van der Waals surface area contributed by atoms with E-state index in [1.807, 2.05) is 0 Å². The molecule has 2 amide bonds. The molecule has 1 aliphatic heterocycles. The molecule has 5 nitrogen and oxygen atoms in total. The Morgan fingerprint density at radius 3 is 2.76 bits per heavy atom. The van der Waals surface area contributed by atoms with E-state index in [1.165, 1.54) is 4.90 Å². The molecule has 0 radical (unpaired) electrons. The molecule has 1 fully saturated rings. The van der Waals surface area contributed by atoms with Crippen LogP contribution in [-0.4, -0.2) is 54.3 Å². The van der Waals surface area contributed by atoms with Crippen molar-refractivity contribution in [1.29, 1.82) is 0 Å². The monoisotopic (exact) mass is 239 g/mol. The third-order valence-electron chi connectivity index (χ3n) is 3.00. The van der Waals surface area contributed by atoms with Crippen molar-refractivity contribution in [2.24, 2.45) is 5.73 Å². The van der Waals surface area contributed by atoms with Crippen LogP contribution in [0, 0.1) is 0 Å². The highest BCUT2D eigenvalue weighted by atomic mass is 16.2. The van der Waals surface area contributed by atoms with Gasteiger partial charge in [-0.2, -0.15) is 0 Å². The Morgan fingerprint density at radius 2 is 2.24 bits per heavy atom. The third-order valence-corrected chi connectivity index (χ3v) is 3.00. The number of carbonyl (C=O) groups is 2. The maximum Gasteiger partial charge on any atom is 0.244 e. The molecule has 2 unspecified atom stereocenters. The van der Waals surface area contributed by atoms with Gasteiger partial charge in [0, 0.05) is 20.6 Å². The highest BCUT2D eigenvalue weighted by Crippen LogP contribution is 2.19. The van der Waals surface area contributed by atoms with Gasteiger partial charge in [0.15, 0.2) is 0 Å². The lowest BCUT2D eigenvalue weighted by Crippen LogP contribution is -2.50. The molecule has 17 heavy (non-hydrogen) atoms. The number of hydrogen-bond donors (Lipinski definition) is 1. The second-order valence-corrected chi connectivity index (χ2v) is 4.55. The number of carbonyl (C=O) groups excluding carboxylic acids is 2. The Labute approximate surface area is 102 Å². The van der Waals surface area contributed by atoms with Crippen LogP contribution in [0.2, 0.25) is 0 Å². The second-order valence-electron chi connectivity index (χ2n) is 4.55. The first-order valence-corrected chi connectivity index (χ1v) is 5.87. The summed E-state index contributed by atoms with van der Waals surface area (Å²) in [5.74, 6) is -0.177. The minimum absolute atomic E-state index is 0.0262. The lowest BCUT2D eigenvalue weighted by molar-refractivity contribution is -0.143. The standard InChI is InChI=1S/C12H21N3O2/c1-4-6-9(13)11(16)15-8-5-7-10(15)12(17)14(2)3/h4,9-10H,1,5-8,13H2,2-3H3. The van der Waals surface area contributed by atoms with Crippen LogP contribution in [0.15, 0.2) is 12.7 Å². The van der Waals surface area contributed by atoms with E-state index >= 15 is 0 Å². The molecular formula is C12H21N3O2. The zero-order valence-electron chi connectivity index (χ0n) is 10.6. The van der Waals surface area contributed by atoms with Gasteiger partial charge in [-0.15, -0.1) is 6.58 Å². The largest absolute Gasteiger partial charge is 0.347 e. The van der Waals surface area contributed by atoms with Crippen molar-refractivity contribution in [2.75, 3.05) is 20.6 Å². The second kappa shape index (κ2) is 5.82. The van der Waals surface area contributed by atoms with E-state index in [-0.39, 0.29) is 17.9 Å². The summed E-state index contributed by atoms with van der Waals surface area (Å²) in [5.41, 5.74) is 5.76. The summed E-state index contributed by atoms with van der Waals surface area (Å²) in [6.07, 6.45) is 3.65. The summed E-state index contributed by atoms with van der Waals surface area (Å²) in [6.45, 7) is 4.19. The molecular weight excluding hydrogens is 218 g/mol. The molecule has 0 aromatic carbocycles. The lowest BCUT2D eigenvalue weighted by atomic mass is 10.1.